The van der Waals surface area contributed by atoms with E-state index in [9.17, 15) is 0 Å². The van der Waals surface area contributed by atoms with Crippen molar-refractivity contribution in [3.05, 3.63) is 161 Å². The summed E-state index contributed by atoms with van der Waals surface area (Å²) >= 11 is -1.86. The predicted molar refractivity (Wildman–Crippen MR) is 240 cm³/mol. The van der Waals surface area contributed by atoms with Crippen molar-refractivity contribution in [3.63, 3.8) is 0 Å². The monoisotopic (exact) mass is 987 g/mol. The van der Waals surface area contributed by atoms with Crippen LogP contribution in [0.5, 0.6) is 0 Å². The molecule has 0 atom stereocenters. The molecule has 5 aromatic carbocycles. The quantitative estimate of drug-likeness (QED) is 0.118. The van der Waals surface area contributed by atoms with Crippen molar-refractivity contribution in [2.75, 3.05) is 0 Å². The Balaban J connectivity index is 0.000000223. The van der Waals surface area contributed by atoms with E-state index in [4.69, 9.17) is 14.4 Å². The Morgan fingerprint density at radius 3 is 2.02 bits per heavy atom. The van der Waals surface area contributed by atoms with Crippen LogP contribution in [0.1, 0.15) is 47.2 Å². The molecule has 8 aromatic rings. The van der Waals surface area contributed by atoms with E-state index in [0.717, 1.165) is 56.4 Å². The molecule has 3 aromatic heterocycles. The number of nitrogens with zero attached hydrogens (tertiary/aromatic N) is 2. The Hall–Kier alpha value is -4.61. The molecule has 0 bridgehead atoms. The van der Waals surface area contributed by atoms with Crippen molar-refractivity contribution >= 4 is 39.6 Å². The zero-order valence-corrected chi connectivity index (χ0v) is 39.4. The molecule has 0 aliphatic carbocycles. The van der Waals surface area contributed by atoms with Crippen molar-refractivity contribution in [1.29, 1.82) is 0 Å². The van der Waals surface area contributed by atoms with Crippen LogP contribution in [-0.2, 0) is 26.5 Å². The molecule has 57 heavy (non-hydrogen) atoms. The first kappa shape index (κ1) is 42.0. The number of furan rings is 1. The summed E-state index contributed by atoms with van der Waals surface area (Å²) in [6, 6.07) is 42.8. The first-order chi connectivity index (χ1) is 26.8. The van der Waals surface area contributed by atoms with Gasteiger partial charge in [-0.3, -0.25) is 0 Å². The molecule has 3 heterocycles. The molecule has 0 unspecified atom stereocenters. The van der Waals surface area contributed by atoms with Crippen LogP contribution in [0.15, 0.2) is 120 Å². The number of aromatic nitrogens is 2. The summed E-state index contributed by atoms with van der Waals surface area (Å²) in [6.07, 6.45) is 5.16. The van der Waals surface area contributed by atoms with E-state index < -0.39 is 13.3 Å². The molecule has 0 saturated heterocycles. The van der Waals surface area contributed by atoms with Crippen molar-refractivity contribution in [3.8, 4) is 44.8 Å². The molecule has 0 saturated carbocycles. The molecule has 0 N–H and O–H groups in total. The normalized spacial score (nSPS) is 11.4. The van der Waals surface area contributed by atoms with Gasteiger partial charge in [-0.1, -0.05) is 65.0 Å². The topological polar surface area (TPSA) is 38.9 Å². The summed E-state index contributed by atoms with van der Waals surface area (Å²) in [5.41, 5.74) is 18.3. The molecule has 0 amide bonds. The van der Waals surface area contributed by atoms with Crippen LogP contribution in [0.2, 0.25) is 17.3 Å². The van der Waals surface area contributed by atoms with Gasteiger partial charge in [0.15, 0.2) is 0 Å². The van der Waals surface area contributed by atoms with Crippen LogP contribution >= 0.6 is 0 Å². The molecule has 5 heteroatoms. The van der Waals surface area contributed by atoms with Crippen LogP contribution < -0.4 is 4.40 Å². The second-order valence-electron chi connectivity index (χ2n) is 16.7. The second-order valence-corrected chi connectivity index (χ2v) is 27.3. The molecule has 8 rings (SSSR count). The van der Waals surface area contributed by atoms with Gasteiger partial charge in [-0.15, -0.1) is 18.2 Å². The van der Waals surface area contributed by atoms with E-state index in [1.165, 1.54) is 50.1 Å². The Morgan fingerprint density at radius 2 is 1.35 bits per heavy atom. The zero-order chi connectivity index (χ0) is 39.7. The largest absolute Gasteiger partial charge is 0.501 e. The SMILES string of the molecule is CC(C)Cc1cc(-c2[c-]cccc2)nc[c]1[Ge]([CH3])([CH3])[CH3].Cc1cc(C)c(-c2ccnc(-c3[c-]ccc4c3oc3cc(-c5c(C)cccc5C)ccc34)c2)c(C)c1.[Ir]. The third-order valence-corrected chi connectivity index (χ3v) is 14.9. The van der Waals surface area contributed by atoms with Gasteiger partial charge in [0.05, 0.1) is 5.58 Å². The summed E-state index contributed by atoms with van der Waals surface area (Å²) in [4.78, 5) is 9.43. The smallest absolute Gasteiger partial charge is 0.121 e. The van der Waals surface area contributed by atoms with Crippen LogP contribution in [0, 0.1) is 52.7 Å². The van der Waals surface area contributed by atoms with Crippen molar-refractivity contribution in [2.45, 2.75) is 72.2 Å². The Bertz CT molecular complexity index is 2640. The minimum absolute atomic E-state index is 0. The van der Waals surface area contributed by atoms with Gasteiger partial charge in [0, 0.05) is 31.7 Å². The van der Waals surface area contributed by atoms with E-state index >= 15 is 0 Å². The third kappa shape index (κ3) is 9.10. The fraction of sp³-hybridized carbons (Fsp3) is 0.231. The maximum Gasteiger partial charge on any atom is 0.121 e. The van der Waals surface area contributed by atoms with Gasteiger partial charge in [0.1, 0.15) is 5.58 Å². The number of benzene rings is 5. The predicted octanol–water partition coefficient (Wildman–Crippen LogP) is 13.6. The number of hydrogen-bond donors (Lipinski definition) is 0. The molecule has 0 aliphatic rings. The van der Waals surface area contributed by atoms with Gasteiger partial charge in [0.2, 0.25) is 0 Å². The average molecular weight is 986 g/mol. The molecule has 291 valence electrons. The molecule has 0 aliphatic heterocycles. The van der Waals surface area contributed by atoms with Gasteiger partial charge >= 0.3 is 126 Å². The van der Waals surface area contributed by atoms with Crippen molar-refractivity contribution in [1.82, 2.24) is 9.97 Å². The summed E-state index contributed by atoms with van der Waals surface area (Å²) in [5.74, 6) is 7.99. The molecule has 1 radical (unpaired) electrons. The fourth-order valence-corrected chi connectivity index (χ4v) is 11.5. The molecule has 0 spiro atoms. The number of aryl methyl sites for hydroxylation is 5. The Kier molecular flexibility index (Phi) is 12.9. The maximum absolute atomic E-state index is 6.52. The van der Waals surface area contributed by atoms with Crippen LogP contribution in [-0.4, -0.2) is 23.2 Å². The Morgan fingerprint density at radius 1 is 0.649 bits per heavy atom. The van der Waals surface area contributed by atoms with E-state index in [1.807, 2.05) is 30.5 Å². The van der Waals surface area contributed by atoms with E-state index in [0.29, 0.717) is 5.92 Å². The minimum Gasteiger partial charge on any atom is -0.501 e. The van der Waals surface area contributed by atoms with Gasteiger partial charge in [0.25, 0.3) is 0 Å². The van der Waals surface area contributed by atoms with E-state index in [2.05, 4.69) is 163 Å². The zero-order valence-electron chi connectivity index (χ0n) is 34.9. The van der Waals surface area contributed by atoms with Crippen molar-refractivity contribution < 1.29 is 24.5 Å². The number of fused-ring (bicyclic) bond motifs is 3. The molecular formula is C52H52GeIrN2O-2. The standard InChI is InChI=1S/C34H28NO.C18H24GeN.Ir/c1-20-16-23(4)33(24(5)17-20)26-14-15-35-30(18-26)29-11-7-10-28-27-13-12-25(19-31(27)36-34(28)29)32-21(2)8-6-9-22(32)3;1-14(2)11-16-12-18(15-9-7-6-8-10-15)20-13-17(16)19(3,4)5;/h6-10,12-19H,1-5H3;6-9,12-14H,11H2,1-5H3;/q2*-1;. The first-order valence-corrected chi connectivity index (χ1v) is 27.1. The summed E-state index contributed by atoms with van der Waals surface area (Å²) < 4.78 is 8.06. The third-order valence-electron chi connectivity index (χ3n) is 10.6. The van der Waals surface area contributed by atoms with Crippen LogP contribution in [0.25, 0.3) is 66.7 Å². The van der Waals surface area contributed by atoms with Gasteiger partial charge in [-0.25, -0.2) is 0 Å². The maximum atomic E-state index is 6.52. The number of pyridine rings is 2. The van der Waals surface area contributed by atoms with Crippen LogP contribution in [0.4, 0.5) is 0 Å². The fourth-order valence-electron chi connectivity index (χ4n) is 8.20. The molecular weight excluding hydrogens is 933 g/mol. The minimum atomic E-state index is -1.86. The summed E-state index contributed by atoms with van der Waals surface area (Å²) in [5, 5.41) is 2.19. The molecule has 3 nitrogen and oxygen atoms in total. The first-order valence-electron chi connectivity index (χ1n) is 19.7. The summed E-state index contributed by atoms with van der Waals surface area (Å²) in [6.45, 7) is 15.4. The second kappa shape index (κ2) is 17.5. The van der Waals surface area contributed by atoms with Gasteiger partial charge in [-0.05, 0) is 97.0 Å². The number of rotatable bonds is 7. The average Bonchev–Trinajstić information content (AvgIpc) is 3.53. The molecule has 0 fully saturated rings. The van der Waals surface area contributed by atoms with Crippen LogP contribution in [0.3, 0.4) is 0 Å². The van der Waals surface area contributed by atoms with Crippen molar-refractivity contribution in [2.24, 2.45) is 5.92 Å². The Labute approximate surface area is 355 Å². The van der Waals surface area contributed by atoms with E-state index in [1.54, 1.807) is 4.40 Å². The number of hydrogen-bond acceptors (Lipinski definition) is 3. The van der Waals surface area contributed by atoms with E-state index in [-0.39, 0.29) is 20.1 Å². The van der Waals surface area contributed by atoms with Gasteiger partial charge in [-0.2, -0.15) is 0 Å². The van der Waals surface area contributed by atoms with Gasteiger partial charge < -0.3 is 9.40 Å². The summed E-state index contributed by atoms with van der Waals surface area (Å²) in [7, 11) is 0.